The smallest absolute Gasteiger partial charge is 0.326 e. The first kappa shape index (κ1) is 21.0. The van der Waals surface area contributed by atoms with Gasteiger partial charge in [-0.3, -0.25) is 24.1 Å². The third-order valence-electron chi connectivity index (χ3n) is 4.47. The van der Waals surface area contributed by atoms with Gasteiger partial charge in [-0.05, 0) is 36.2 Å². The largest absolute Gasteiger partial charge is 0.492 e. The second kappa shape index (κ2) is 9.69. The Morgan fingerprint density at radius 3 is 2.70 bits per heavy atom. The number of carbonyl (C=O) groups excluding carboxylic acids is 4. The predicted octanol–water partition coefficient (Wildman–Crippen LogP) is 1.26. The number of nitrogens with zero attached hydrogens (tertiary/aromatic N) is 1. The van der Waals surface area contributed by atoms with Gasteiger partial charge >= 0.3 is 5.97 Å². The molecule has 0 aromatic heterocycles. The van der Waals surface area contributed by atoms with Crippen molar-refractivity contribution >= 4 is 23.7 Å². The Bertz CT molecular complexity index is 972. The van der Waals surface area contributed by atoms with E-state index in [0.29, 0.717) is 16.9 Å². The summed E-state index contributed by atoms with van der Waals surface area (Å²) in [5.41, 5.74) is 2.08. The Morgan fingerprint density at radius 1 is 1.10 bits per heavy atom. The molecule has 3 amide bonds. The summed E-state index contributed by atoms with van der Waals surface area (Å²) in [6, 6.07) is 14.3. The molecule has 0 unspecified atom stereocenters. The molecule has 8 nitrogen and oxygen atoms in total. The van der Waals surface area contributed by atoms with Crippen LogP contribution in [0, 0.1) is 6.92 Å². The van der Waals surface area contributed by atoms with Crippen LogP contribution in [0.3, 0.4) is 0 Å². The summed E-state index contributed by atoms with van der Waals surface area (Å²) in [5.74, 6) is -1.65. The van der Waals surface area contributed by atoms with Crippen molar-refractivity contribution in [3.8, 4) is 5.75 Å². The van der Waals surface area contributed by atoms with E-state index in [1.54, 1.807) is 24.3 Å². The fraction of sp³-hybridized carbons (Fsp3) is 0.273. The number of carbonyl (C=O) groups is 4. The lowest BCUT2D eigenvalue weighted by Crippen LogP contribution is -2.45. The molecule has 1 aliphatic heterocycles. The molecule has 156 valence electrons. The van der Waals surface area contributed by atoms with E-state index >= 15 is 0 Å². The third-order valence-corrected chi connectivity index (χ3v) is 4.47. The van der Waals surface area contributed by atoms with Crippen LogP contribution in [0.5, 0.6) is 5.75 Å². The standard InChI is InChI=1S/C22H22N2O6/c1-15-5-4-7-17(11-15)29-10-9-23-19(25)14-30-21(27)13-24-20(26)12-16-6-2-3-8-18(16)22(24)28/h2-8,11H,9-10,12-14H2,1H3,(H,23,25). The molecule has 3 rings (SSSR count). The number of hydrogen-bond donors (Lipinski definition) is 1. The second-order valence-corrected chi connectivity index (χ2v) is 6.79. The lowest BCUT2D eigenvalue weighted by atomic mass is 9.98. The van der Waals surface area contributed by atoms with Gasteiger partial charge in [0, 0.05) is 5.56 Å². The van der Waals surface area contributed by atoms with E-state index in [0.717, 1.165) is 10.5 Å². The van der Waals surface area contributed by atoms with E-state index in [1.807, 2.05) is 31.2 Å². The van der Waals surface area contributed by atoms with Gasteiger partial charge in [0.15, 0.2) is 6.61 Å². The first-order chi connectivity index (χ1) is 14.4. The number of imide groups is 1. The van der Waals surface area contributed by atoms with Crippen molar-refractivity contribution in [2.45, 2.75) is 13.3 Å². The molecule has 0 radical (unpaired) electrons. The van der Waals surface area contributed by atoms with Crippen molar-refractivity contribution in [2.75, 3.05) is 26.3 Å². The molecule has 2 aromatic rings. The molecule has 0 spiro atoms. The van der Waals surface area contributed by atoms with Crippen LogP contribution in [0.2, 0.25) is 0 Å². The lowest BCUT2D eigenvalue weighted by Gasteiger charge is -2.25. The Labute approximate surface area is 173 Å². The highest BCUT2D eigenvalue weighted by Gasteiger charge is 2.32. The van der Waals surface area contributed by atoms with Gasteiger partial charge in [-0.15, -0.1) is 0 Å². The Hall–Kier alpha value is -3.68. The number of ether oxygens (including phenoxy) is 2. The molecular weight excluding hydrogens is 388 g/mol. The molecule has 0 atom stereocenters. The lowest BCUT2D eigenvalue weighted by molar-refractivity contribution is -0.151. The van der Waals surface area contributed by atoms with Gasteiger partial charge in [-0.1, -0.05) is 30.3 Å². The molecule has 2 aromatic carbocycles. The number of hydrogen-bond acceptors (Lipinski definition) is 6. The molecule has 1 N–H and O–H groups in total. The molecule has 1 aliphatic rings. The van der Waals surface area contributed by atoms with E-state index in [-0.39, 0.29) is 19.6 Å². The summed E-state index contributed by atoms with van der Waals surface area (Å²) in [6.07, 6.45) is 0.0383. The molecule has 8 heteroatoms. The van der Waals surface area contributed by atoms with Crippen molar-refractivity contribution < 1.29 is 28.7 Å². The van der Waals surface area contributed by atoms with E-state index in [2.05, 4.69) is 5.32 Å². The van der Waals surface area contributed by atoms with Crippen LogP contribution < -0.4 is 10.1 Å². The first-order valence-electron chi connectivity index (χ1n) is 9.48. The predicted molar refractivity (Wildman–Crippen MR) is 107 cm³/mol. The molecule has 1 heterocycles. The van der Waals surface area contributed by atoms with Gasteiger partial charge in [-0.25, -0.2) is 0 Å². The maximum Gasteiger partial charge on any atom is 0.326 e. The Morgan fingerprint density at radius 2 is 1.90 bits per heavy atom. The summed E-state index contributed by atoms with van der Waals surface area (Å²) in [6.45, 7) is 1.42. The first-order valence-corrected chi connectivity index (χ1v) is 9.48. The van der Waals surface area contributed by atoms with Crippen LogP contribution >= 0.6 is 0 Å². The van der Waals surface area contributed by atoms with Gasteiger partial charge in [0.2, 0.25) is 5.91 Å². The van der Waals surface area contributed by atoms with Crippen molar-refractivity contribution in [1.29, 1.82) is 0 Å². The van der Waals surface area contributed by atoms with Crippen LogP contribution in [0.4, 0.5) is 0 Å². The van der Waals surface area contributed by atoms with Gasteiger partial charge in [0.1, 0.15) is 18.9 Å². The van der Waals surface area contributed by atoms with Gasteiger partial charge < -0.3 is 14.8 Å². The van der Waals surface area contributed by atoms with Crippen LogP contribution in [0.15, 0.2) is 48.5 Å². The van der Waals surface area contributed by atoms with Crippen LogP contribution in [0.25, 0.3) is 0 Å². The Balaban J connectivity index is 1.38. The van der Waals surface area contributed by atoms with E-state index in [9.17, 15) is 19.2 Å². The average molecular weight is 410 g/mol. The van der Waals surface area contributed by atoms with Crippen molar-refractivity contribution in [2.24, 2.45) is 0 Å². The number of fused-ring (bicyclic) bond motifs is 1. The minimum absolute atomic E-state index is 0.0383. The number of amides is 3. The maximum atomic E-state index is 12.4. The van der Waals surface area contributed by atoms with E-state index in [1.165, 1.54) is 0 Å². The van der Waals surface area contributed by atoms with Crippen molar-refractivity contribution in [1.82, 2.24) is 10.2 Å². The van der Waals surface area contributed by atoms with Crippen molar-refractivity contribution in [3.63, 3.8) is 0 Å². The van der Waals surface area contributed by atoms with Crippen LogP contribution in [-0.2, 0) is 25.5 Å². The fourth-order valence-corrected chi connectivity index (χ4v) is 3.00. The summed E-state index contributed by atoms with van der Waals surface area (Å²) < 4.78 is 10.4. The monoisotopic (exact) mass is 410 g/mol. The number of benzene rings is 2. The normalized spacial score (nSPS) is 12.9. The number of rotatable bonds is 8. The zero-order valence-corrected chi connectivity index (χ0v) is 16.6. The molecule has 0 fully saturated rings. The summed E-state index contributed by atoms with van der Waals surface area (Å²) in [4.78, 5) is 49.2. The SMILES string of the molecule is Cc1cccc(OCCNC(=O)COC(=O)CN2C(=O)Cc3ccccc3C2=O)c1. The maximum absolute atomic E-state index is 12.4. The topological polar surface area (TPSA) is 102 Å². The number of nitrogens with one attached hydrogen (secondary N) is 1. The second-order valence-electron chi connectivity index (χ2n) is 6.79. The number of aryl methyl sites for hydroxylation is 1. The zero-order valence-electron chi connectivity index (χ0n) is 16.6. The summed E-state index contributed by atoms with van der Waals surface area (Å²) >= 11 is 0. The molecule has 30 heavy (non-hydrogen) atoms. The van der Waals surface area contributed by atoms with Crippen LogP contribution in [0.1, 0.15) is 21.5 Å². The highest BCUT2D eigenvalue weighted by atomic mass is 16.5. The van der Waals surface area contributed by atoms with Crippen LogP contribution in [-0.4, -0.2) is 54.9 Å². The van der Waals surface area contributed by atoms with Gasteiger partial charge in [0.05, 0.1) is 13.0 Å². The average Bonchev–Trinajstić information content (AvgIpc) is 2.73. The minimum atomic E-state index is -0.831. The van der Waals surface area contributed by atoms with Gasteiger partial charge in [-0.2, -0.15) is 0 Å². The quantitative estimate of drug-likeness (QED) is 0.399. The molecule has 0 saturated carbocycles. The number of esters is 1. The van der Waals surface area contributed by atoms with Crippen molar-refractivity contribution in [3.05, 3.63) is 65.2 Å². The molecular formula is C22H22N2O6. The van der Waals surface area contributed by atoms with Gasteiger partial charge in [0.25, 0.3) is 11.8 Å². The van der Waals surface area contributed by atoms with E-state index < -0.39 is 36.8 Å². The summed E-state index contributed by atoms with van der Waals surface area (Å²) in [7, 11) is 0. The zero-order chi connectivity index (χ0) is 21.5. The molecule has 0 bridgehead atoms. The fourth-order valence-electron chi connectivity index (χ4n) is 3.00. The highest BCUT2D eigenvalue weighted by Crippen LogP contribution is 2.19. The van der Waals surface area contributed by atoms with E-state index in [4.69, 9.17) is 9.47 Å². The Kier molecular flexibility index (Phi) is 6.79. The molecule has 0 aliphatic carbocycles. The third kappa shape index (κ3) is 5.44. The molecule has 0 saturated heterocycles. The summed E-state index contributed by atoms with van der Waals surface area (Å²) in [5, 5.41) is 2.57. The minimum Gasteiger partial charge on any atom is -0.492 e. The highest BCUT2D eigenvalue weighted by molar-refractivity contribution is 6.11.